The molecule has 0 aliphatic carbocycles. The fourth-order valence-electron chi connectivity index (χ4n) is 2.16. The van der Waals surface area contributed by atoms with Gasteiger partial charge in [0.1, 0.15) is 5.82 Å². The van der Waals surface area contributed by atoms with Crippen molar-refractivity contribution in [2.24, 2.45) is 0 Å². The number of halogens is 2. The molecule has 0 bridgehead atoms. The van der Waals surface area contributed by atoms with Crippen molar-refractivity contribution in [1.29, 1.82) is 0 Å². The minimum absolute atomic E-state index is 0. The van der Waals surface area contributed by atoms with Crippen LogP contribution in [0.2, 0.25) is 0 Å². The highest BCUT2D eigenvalue weighted by molar-refractivity contribution is 5.15. The first-order chi connectivity index (χ1) is 9.33. The van der Waals surface area contributed by atoms with E-state index in [9.17, 15) is 4.39 Å². The van der Waals surface area contributed by atoms with Gasteiger partial charge in [-0.1, -0.05) is 0 Å². The van der Waals surface area contributed by atoms with Crippen molar-refractivity contribution in [3.63, 3.8) is 0 Å². The summed E-state index contributed by atoms with van der Waals surface area (Å²) >= 11 is 0. The summed E-state index contributed by atoms with van der Waals surface area (Å²) in [6, 6.07) is 12.4. The molecule has 1 fully saturated rings. The predicted octanol–water partition coefficient (Wildman–Crippen LogP) is -0.789. The fraction of sp³-hybridized carbons (Fsp3) is 0.267. The summed E-state index contributed by atoms with van der Waals surface area (Å²) in [4.78, 5) is 0. The van der Waals surface area contributed by atoms with E-state index in [0.29, 0.717) is 19.8 Å². The summed E-state index contributed by atoms with van der Waals surface area (Å²) < 4.78 is 26.0. The maximum Gasteiger partial charge on any atom is 0.245 e. The average Bonchev–Trinajstić information content (AvgIpc) is 2.96. The number of nitrogens with zero attached hydrogens (tertiary/aromatic N) is 1. The molecular weight excluding hydrogens is 325 g/mol. The van der Waals surface area contributed by atoms with E-state index >= 15 is 0 Å². The second-order valence-electron chi connectivity index (χ2n) is 4.45. The number of aromatic nitrogens is 1. The Labute approximate surface area is 127 Å². The predicted molar refractivity (Wildman–Crippen MR) is 66.8 cm³/mol. The molecule has 1 aliphatic heterocycles. The minimum Gasteiger partial charge on any atom is -1.00 e. The van der Waals surface area contributed by atoms with Gasteiger partial charge in [0.25, 0.3) is 0 Å². The molecule has 1 aromatic carbocycles. The van der Waals surface area contributed by atoms with Crippen LogP contribution >= 0.6 is 0 Å². The van der Waals surface area contributed by atoms with Gasteiger partial charge in [0.2, 0.25) is 12.0 Å². The molecule has 0 amide bonds. The Bertz CT molecular complexity index is 556. The van der Waals surface area contributed by atoms with Crippen molar-refractivity contribution < 1.29 is 35.4 Å². The smallest absolute Gasteiger partial charge is 0.245 e. The van der Waals surface area contributed by atoms with E-state index in [-0.39, 0.29) is 29.1 Å². The van der Waals surface area contributed by atoms with Crippen molar-refractivity contribution in [2.75, 3.05) is 13.2 Å². The Balaban J connectivity index is 0.00000147. The molecule has 5 heteroatoms. The summed E-state index contributed by atoms with van der Waals surface area (Å²) in [7, 11) is 0. The van der Waals surface area contributed by atoms with Crippen LogP contribution in [0.25, 0.3) is 0 Å². The van der Waals surface area contributed by atoms with Gasteiger partial charge in [-0.3, -0.25) is 0 Å². The molecule has 0 atom stereocenters. The van der Waals surface area contributed by atoms with E-state index in [1.165, 1.54) is 12.1 Å². The Kier molecular flexibility index (Phi) is 5.23. The van der Waals surface area contributed by atoms with Crippen molar-refractivity contribution in [3.8, 4) is 0 Å². The molecule has 0 spiro atoms. The summed E-state index contributed by atoms with van der Waals surface area (Å²) in [6.45, 7) is 1.91. The third-order valence-corrected chi connectivity index (χ3v) is 3.11. The molecular formula is C15H15BrFNO2. The van der Waals surface area contributed by atoms with Crippen LogP contribution in [0.4, 0.5) is 4.39 Å². The quantitative estimate of drug-likeness (QED) is 0.684. The Morgan fingerprint density at radius 3 is 2.45 bits per heavy atom. The summed E-state index contributed by atoms with van der Waals surface area (Å²) in [5.74, 6) is -0.218. The van der Waals surface area contributed by atoms with E-state index in [0.717, 1.165) is 11.3 Å². The summed E-state index contributed by atoms with van der Waals surface area (Å²) in [6.07, 6.45) is 1.67. The second-order valence-corrected chi connectivity index (χ2v) is 4.45. The third kappa shape index (κ3) is 3.42. The lowest BCUT2D eigenvalue weighted by molar-refractivity contribution is -0.701. The molecule has 0 N–H and O–H groups in total. The summed E-state index contributed by atoms with van der Waals surface area (Å²) in [5, 5.41) is 0. The zero-order valence-electron chi connectivity index (χ0n) is 10.8. The van der Waals surface area contributed by atoms with Crippen LogP contribution in [0.15, 0.2) is 48.7 Å². The van der Waals surface area contributed by atoms with E-state index in [4.69, 9.17) is 9.47 Å². The van der Waals surface area contributed by atoms with Crippen LogP contribution in [0.5, 0.6) is 0 Å². The lowest BCUT2D eigenvalue weighted by atomic mass is 10.2. The number of benzene rings is 1. The molecule has 0 unspecified atom stereocenters. The van der Waals surface area contributed by atoms with Gasteiger partial charge < -0.3 is 26.5 Å². The van der Waals surface area contributed by atoms with Gasteiger partial charge in [-0.05, 0) is 30.3 Å². The number of hydrogen-bond donors (Lipinski definition) is 0. The molecule has 0 saturated carbocycles. The molecule has 0 radical (unpaired) electrons. The highest BCUT2D eigenvalue weighted by Gasteiger charge is 2.26. The van der Waals surface area contributed by atoms with Crippen molar-refractivity contribution >= 4 is 0 Å². The van der Waals surface area contributed by atoms with Crippen molar-refractivity contribution in [2.45, 2.75) is 12.8 Å². The molecule has 2 aromatic rings. The SMILES string of the molecule is Fc1ccc(C[n+]2ccccc2C2OCCO2)cc1.[Br-]. The average molecular weight is 340 g/mol. The molecule has 106 valence electrons. The molecule has 1 aliphatic rings. The van der Waals surface area contributed by atoms with Crippen LogP contribution in [-0.2, 0) is 16.0 Å². The monoisotopic (exact) mass is 339 g/mol. The van der Waals surface area contributed by atoms with Crippen LogP contribution in [0.3, 0.4) is 0 Å². The van der Waals surface area contributed by atoms with Crippen molar-refractivity contribution in [1.82, 2.24) is 0 Å². The number of hydrogen-bond acceptors (Lipinski definition) is 2. The first-order valence-corrected chi connectivity index (χ1v) is 6.29. The van der Waals surface area contributed by atoms with Crippen LogP contribution in [0.1, 0.15) is 17.5 Å². The number of pyridine rings is 1. The van der Waals surface area contributed by atoms with E-state index in [2.05, 4.69) is 4.57 Å². The van der Waals surface area contributed by atoms with Crippen LogP contribution in [0, 0.1) is 5.82 Å². The second kappa shape index (κ2) is 6.92. The highest BCUT2D eigenvalue weighted by atomic mass is 79.9. The van der Waals surface area contributed by atoms with Gasteiger partial charge in [0.05, 0.1) is 13.2 Å². The lowest BCUT2D eigenvalue weighted by Gasteiger charge is -2.08. The zero-order chi connectivity index (χ0) is 13.1. The minimum atomic E-state index is -0.304. The standard InChI is InChI=1S/C15H15FNO2.BrH/c16-13-6-4-12(5-7-13)11-17-8-2-1-3-14(17)15-18-9-10-19-15;/h1-8,15H,9-11H2;1H/q+1;/p-1. The molecule has 3 rings (SSSR count). The molecule has 1 aromatic heterocycles. The van der Waals surface area contributed by atoms with Gasteiger partial charge in [0.15, 0.2) is 12.7 Å². The van der Waals surface area contributed by atoms with Crippen molar-refractivity contribution in [3.05, 3.63) is 65.7 Å². The van der Waals surface area contributed by atoms with Crippen LogP contribution in [-0.4, -0.2) is 13.2 Å². The topological polar surface area (TPSA) is 22.3 Å². The molecule has 1 saturated heterocycles. The van der Waals surface area contributed by atoms with E-state index < -0.39 is 0 Å². The van der Waals surface area contributed by atoms with E-state index in [1.807, 2.05) is 24.4 Å². The van der Waals surface area contributed by atoms with Gasteiger partial charge in [0, 0.05) is 17.7 Å². The number of ether oxygens (including phenoxy) is 2. The lowest BCUT2D eigenvalue weighted by Crippen LogP contribution is -3.00. The van der Waals surface area contributed by atoms with E-state index in [1.54, 1.807) is 12.1 Å². The van der Waals surface area contributed by atoms with Gasteiger partial charge in [-0.15, -0.1) is 0 Å². The Hall–Kier alpha value is -1.30. The maximum absolute atomic E-state index is 12.9. The van der Waals surface area contributed by atoms with Gasteiger partial charge in [-0.25, -0.2) is 4.39 Å². The van der Waals surface area contributed by atoms with Gasteiger partial charge >= 0.3 is 0 Å². The molecule has 3 nitrogen and oxygen atoms in total. The van der Waals surface area contributed by atoms with Crippen LogP contribution < -0.4 is 21.5 Å². The Morgan fingerprint density at radius 2 is 1.75 bits per heavy atom. The molecule has 20 heavy (non-hydrogen) atoms. The zero-order valence-corrected chi connectivity index (χ0v) is 12.4. The largest absolute Gasteiger partial charge is 1.00 e. The number of rotatable bonds is 3. The summed E-state index contributed by atoms with van der Waals surface area (Å²) in [5.41, 5.74) is 2.01. The first-order valence-electron chi connectivity index (χ1n) is 6.29. The van der Waals surface area contributed by atoms with Gasteiger partial charge in [-0.2, -0.15) is 4.57 Å². The Morgan fingerprint density at radius 1 is 1.05 bits per heavy atom. The maximum atomic E-state index is 12.9. The molecule has 2 heterocycles. The third-order valence-electron chi connectivity index (χ3n) is 3.11. The highest BCUT2D eigenvalue weighted by Crippen LogP contribution is 2.20. The first kappa shape index (κ1) is 15.1. The fourth-order valence-corrected chi connectivity index (χ4v) is 2.16. The normalized spacial score (nSPS) is 15.1.